The maximum absolute atomic E-state index is 11.7. The molecule has 244 valence electrons. The van der Waals surface area contributed by atoms with Gasteiger partial charge in [-0.25, -0.2) is 0 Å². The number of carbonyl (C=O) groups is 4. The van der Waals surface area contributed by atoms with Gasteiger partial charge in [-0.15, -0.1) is 0 Å². The standard InChI is InChI=1S/C15H20BNO6.C13H16BNO6.Li.H2O/c1-4-21-14(19)7-12-15-9(2)5-10(22-8-13(18)17-3)6-11(15)16(20)23-12;1-7-3-8(20-6-11(16)15-2)4-9-13(7)10(5-12(17)18)21-14(9)19;;/h5-6,12,20H,4,7-8H2,1-3H3,(H,17,18);3-4,10,19H,5-6H2,1-2H3,(H,15,16)(H,17,18);;1H2/q;;+1;/p-1. The van der Waals surface area contributed by atoms with Crippen molar-refractivity contribution in [3.05, 3.63) is 46.5 Å². The Labute approximate surface area is 279 Å². The molecule has 2 amide bonds. The second-order valence-corrected chi connectivity index (χ2v) is 9.97. The summed E-state index contributed by atoms with van der Waals surface area (Å²) in [6, 6.07) is 6.64. The molecule has 0 saturated heterocycles. The van der Waals surface area contributed by atoms with Crippen molar-refractivity contribution in [3.8, 4) is 11.5 Å². The molecule has 2 unspecified atom stereocenters. The van der Waals surface area contributed by atoms with Crippen LogP contribution in [0.4, 0.5) is 0 Å². The van der Waals surface area contributed by atoms with Crippen molar-refractivity contribution in [2.24, 2.45) is 0 Å². The van der Waals surface area contributed by atoms with Gasteiger partial charge in [-0.2, -0.15) is 0 Å². The molecule has 0 spiro atoms. The predicted molar refractivity (Wildman–Crippen MR) is 160 cm³/mol. The first-order chi connectivity index (χ1) is 20.9. The Morgan fingerprint density at radius 2 is 1.22 bits per heavy atom. The van der Waals surface area contributed by atoms with Gasteiger partial charge >= 0.3 is 45.0 Å². The molecule has 2 aromatic carbocycles. The Bertz CT molecular complexity index is 1400. The summed E-state index contributed by atoms with van der Waals surface area (Å²) in [5.41, 5.74) is 4.02. The van der Waals surface area contributed by atoms with E-state index in [2.05, 4.69) is 10.6 Å². The molecule has 0 fully saturated rings. The Hall–Kier alpha value is -3.55. The molecule has 46 heavy (non-hydrogen) atoms. The Kier molecular flexibility index (Phi) is 16.3. The molecule has 2 aliphatic rings. The van der Waals surface area contributed by atoms with E-state index in [0.717, 1.165) is 16.7 Å². The third-order valence-corrected chi connectivity index (χ3v) is 6.86. The summed E-state index contributed by atoms with van der Waals surface area (Å²) in [7, 11) is 0.712. The van der Waals surface area contributed by atoms with Crippen molar-refractivity contribution < 1.29 is 82.2 Å². The smallest absolute Gasteiger partial charge is 0.870 e. The molecular weight excluding hydrogens is 601 g/mol. The monoisotopic (exact) mass is 638 g/mol. The predicted octanol–water partition coefficient (Wildman–Crippen LogP) is -3.99. The number of benzene rings is 2. The number of hydrogen-bond acceptors (Lipinski definition) is 12. The van der Waals surface area contributed by atoms with Gasteiger partial charge in [0.05, 0.1) is 31.7 Å². The molecule has 18 heteroatoms. The second-order valence-electron chi connectivity index (χ2n) is 9.97. The van der Waals surface area contributed by atoms with Crippen LogP contribution in [0.2, 0.25) is 0 Å². The molecule has 0 saturated carbocycles. The topological polar surface area (TPSA) is 229 Å². The van der Waals surface area contributed by atoms with Crippen LogP contribution in [0.5, 0.6) is 11.5 Å². The van der Waals surface area contributed by atoms with Crippen LogP contribution in [0.15, 0.2) is 24.3 Å². The first-order valence-corrected chi connectivity index (χ1v) is 13.9. The SMILES string of the molecule is CCOC(=O)CC1OB(O)c2cc(OCC(=O)NC)cc(C)c21.CNC(=O)COc1cc(C)c2c(c1)B(O)OC2CC(=O)O.[Li+].[OH-]. The Morgan fingerprint density at radius 1 is 0.804 bits per heavy atom. The first-order valence-electron chi connectivity index (χ1n) is 13.9. The summed E-state index contributed by atoms with van der Waals surface area (Å²) in [5, 5.41) is 33.7. The fourth-order valence-electron chi connectivity index (χ4n) is 4.90. The Balaban J connectivity index is 0.000000442. The van der Waals surface area contributed by atoms with Gasteiger partial charge in [-0.3, -0.25) is 19.2 Å². The van der Waals surface area contributed by atoms with Crippen molar-refractivity contribution in [2.75, 3.05) is 33.9 Å². The number of nitrogens with one attached hydrogen (secondary N) is 2. The van der Waals surface area contributed by atoms with Crippen molar-refractivity contribution in [1.82, 2.24) is 10.6 Å². The molecule has 0 radical (unpaired) electrons. The van der Waals surface area contributed by atoms with Crippen molar-refractivity contribution >= 4 is 48.9 Å². The quantitative estimate of drug-likeness (QED) is 0.117. The number of aryl methyl sites for hydroxylation is 2. The second kappa shape index (κ2) is 18.6. The third kappa shape index (κ3) is 10.5. The largest absolute Gasteiger partial charge is 1.00 e. The zero-order valence-electron chi connectivity index (χ0n) is 26.6. The van der Waals surface area contributed by atoms with Gasteiger partial charge in [0, 0.05) is 14.1 Å². The number of likely N-dealkylation sites (N-methyl/N-ethyl adjacent to an activating group) is 2. The van der Waals surface area contributed by atoms with E-state index in [1.165, 1.54) is 14.1 Å². The van der Waals surface area contributed by atoms with E-state index >= 15 is 0 Å². The van der Waals surface area contributed by atoms with Crippen LogP contribution < -0.4 is 49.9 Å². The van der Waals surface area contributed by atoms with Gasteiger partial charge in [0.15, 0.2) is 13.2 Å². The molecule has 0 aliphatic carbocycles. The van der Waals surface area contributed by atoms with Gasteiger partial charge in [-0.05, 0) is 78.2 Å². The number of amides is 2. The van der Waals surface area contributed by atoms with Crippen molar-refractivity contribution in [2.45, 2.75) is 45.8 Å². The minimum absolute atomic E-state index is 0. The maximum atomic E-state index is 11.7. The number of carboxylic acids is 1. The molecular formula is C28H37B2LiN2O13. The average molecular weight is 638 g/mol. The van der Waals surface area contributed by atoms with Crippen molar-refractivity contribution in [3.63, 3.8) is 0 Å². The van der Waals surface area contributed by atoms with Gasteiger partial charge in [0.25, 0.3) is 11.8 Å². The first kappa shape index (κ1) is 40.5. The van der Waals surface area contributed by atoms with E-state index in [-0.39, 0.29) is 68.2 Å². The Morgan fingerprint density at radius 3 is 1.59 bits per heavy atom. The number of carboxylic acid groups (broad SMARTS) is 1. The van der Waals surface area contributed by atoms with E-state index in [0.29, 0.717) is 34.6 Å². The summed E-state index contributed by atoms with van der Waals surface area (Å²) in [6.45, 7) is 5.40. The molecule has 2 aromatic rings. The minimum atomic E-state index is -1.19. The fourth-order valence-corrected chi connectivity index (χ4v) is 4.90. The summed E-state index contributed by atoms with van der Waals surface area (Å²) in [6.07, 6.45) is -1.41. The van der Waals surface area contributed by atoms with Gasteiger partial charge in [0.2, 0.25) is 0 Å². The molecule has 6 N–H and O–H groups in total. The maximum Gasteiger partial charge on any atom is 1.00 e. The van der Waals surface area contributed by atoms with Gasteiger partial charge < -0.3 is 54.8 Å². The van der Waals surface area contributed by atoms with E-state index in [1.54, 1.807) is 38.1 Å². The van der Waals surface area contributed by atoms with Crippen LogP contribution in [0.1, 0.15) is 54.2 Å². The molecule has 2 aliphatic heterocycles. The van der Waals surface area contributed by atoms with Crippen LogP contribution in [0.3, 0.4) is 0 Å². The number of fused-ring (bicyclic) bond motifs is 2. The normalized spacial score (nSPS) is 15.5. The van der Waals surface area contributed by atoms with Crippen LogP contribution in [-0.2, 0) is 33.2 Å². The van der Waals surface area contributed by atoms with Crippen LogP contribution in [-0.4, -0.2) is 92.5 Å². The zero-order valence-corrected chi connectivity index (χ0v) is 26.6. The molecule has 0 bridgehead atoms. The van der Waals surface area contributed by atoms with Gasteiger partial charge in [0.1, 0.15) is 11.5 Å². The van der Waals surface area contributed by atoms with Crippen LogP contribution >= 0.6 is 0 Å². The van der Waals surface area contributed by atoms with E-state index in [4.69, 9.17) is 28.6 Å². The van der Waals surface area contributed by atoms with Gasteiger partial charge in [-0.1, -0.05) is 0 Å². The summed E-state index contributed by atoms with van der Waals surface area (Å²) in [5.74, 6) is -1.01. The number of hydrogen-bond donors (Lipinski definition) is 5. The van der Waals surface area contributed by atoms with E-state index in [9.17, 15) is 29.2 Å². The van der Waals surface area contributed by atoms with Crippen molar-refractivity contribution in [1.29, 1.82) is 0 Å². The number of carbonyl (C=O) groups excluding carboxylic acids is 3. The number of esters is 1. The molecule has 0 aromatic heterocycles. The van der Waals surface area contributed by atoms with Crippen LogP contribution in [0, 0.1) is 13.8 Å². The van der Waals surface area contributed by atoms with E-state index < -0.39 is 32.4 Å². The summed E-state index contributed by atoms with van der Waals surface area (Å²) in [4.78, 5) is 44.9. The molecule has 2 atom stereocenters. The average Bonchev–Trinajstić information content (AvgIpc) is 3.45. The zero-order chi connectivity index (χ0) is 32.6. The molecule has 4 rings (SSSR count). The molecule has 2 heterocycles. The molecule has 15 nitrogen and oxygen atoms in total. The number of ether oxygens (including phenoxy) is 3. The third-order valence-electron chi connectivity index (χ3n) is 6.86. The number of aliphatic carboxylic acids is 1. The minimum Gasteiger partial charge on any atom is -0.870 e. The summed E-state index contributed by atoms with van der Waals surface area (Å²) >= 11 is 0. The fraction of sp³-hybridized carbons (Fsp3) is 0.429. The van der Waals surface area contributed by atoms with E-state index in [1.807, 2.05) is 6.92 Å². The van der Waals surface area contributed by atoms with Crippen LogP contribution in [0.25, 0.3) is 0 Å². The number of rotatable bonds is 11. The summed E-state index contributed by atoms with van der Waals surface area (Å²) < 4.78 is 26.4.